The molecule has 2 rings (SSSR count). The standard InChI is InChI=1S/C15H26N2O3/c1-11(20-17(18)19)14(4)6-12-5-13(2,3)8-15(7-12,9-14)10-16/h6,11H,5,7-10,16H2,1-4H3. The summed E-state index contributed by atoms with van der Waals surface area (Å²) in [5, 5.41) is 9.95. The second kappa shape index (κ2) is 4.72. The second-order valence-corrected chi connectivity index (χ2v) is 7.86. The summed E-state index contributed by atoms with van der Waals surface area (Å²) in [6.07, 6.45) is 5.80. The molecule has 1 saturated carbocycles. The first-order valence-corrected chi connectivity index (χ1v) is 7.32. The highest BCUT2D eigenvalue weighted by Gasteiger charge is 2.50. The van der Waals surface area contributed by atoms with Gasteiger partial charge in [0.05, 0.1) is 0 Å². The van der Waals surface area contributed by atoms with Crippen LogP contribution in [-0.2, 0) is 4.84 Å². The molecule has 114 valence electrons. The molecule has 0 heterocycles. The largest absolute Gasteiger partial charge is 0.330 e. The average molecular weight is 282 g/mol. The second-order valence-electron chi connectivity index (χ2n) is 7.86. The zero-order chi connectivity index (χ0) is 15.2. The molecule has 2 aliphatic carbocycles. The molecule has 3 atom stereocenters. The van der Waals surface area contributed by atoms with E-state index in [2.05, 4.69) is 26.8 Å². The molecule has 5 heteroatoms. The van der Waals surface area contributed by atoms with Crippen molar-refractivity contribution in [2.45, 2.75) is 59.5 Å². The molecular formula is C15H26N2O3. The van der Waals surface area contributed by atoms with Crippen molar-refractivity contribution < 1.29 is 9.92 Å². The van der Waals surface area contributed by atoms with Gasteiger partial charge in [-0.2, -0.15) is 0 Å². The lowest BCUT2D eigenvalue weighted by Gasteiger charge is -2.53. The number of nitrogens with two attached hydrogens (primary N) is 1. The maximum atomic E-state index is 10.6. The van der Waals surface area contributed by atoms with Crippen LogP contribution in [0, 0.1) is 26.4 Å². The summed E-state index contributed by atoms with van der Waals surface area (Å²) >= 11 is 0. The minimum Gasteiger partial charge on any atom is -0.330 e. The highest BCUT2D eigenvalue weighted by molar-refractivity contribution is 5.24. The van der Waals surface area contributed by atoms with Crippen LogP contribution in [0.2, 0.25) is 0 Å². The number of hydrogen-bond donors (Lipinski definition) is 1. The van der Waals surface area contributed by atoms with Gasteiger partial charge in [-0.3, -0.25) is 0 Å². The van der Waals surface area contributed by atoms with Crippen LogP contribution in [-0.4, -0.2) is 17.7 Å². The molecule has 3 unspecified atom stereocenters. The number of allylic oxidation sites excluding steroid dienone is 1. The summed E-state index contributed by atoms with van der Waals surface area (Å²) in [7, 11) is 0. The molecular weight excluding hydrogens is 256 g/mol. The van der Waals surface area contributed by atoms with Crippen LogP contribution in [0.25, 0.3) is 0 Å². The lowest BCUT2D eigenvalue weighted by Crippen LogP contribution is -2.49. The van der Waals surface area contributed by atoms with Gasteiger partial charge in [-0.15, -0.1) is 10.1 Å². The van der Waals surface area contributed by atoms with E-state index >= 15 is 0 Å². The van der Waals surface area contributed by atoms with E-state index in [1.54, 1.807) is 6.92 Å². The first-order valence-electron chi connectivity index (χ1n) is 7.32. The van der Waals surface area contributed by atoms with Crippen molar-refractivity contribution >= 4 is 0 Å². The van der Waals surface area contributed by atoms with Gasteiger partial charge in [-0.05, 0) is 50.0 Å². The van der Waals surface area contributed by atoms with Crippen LogP contribution in [0.15, 0.2) is 11.6 Å². The molecule has 0 aromatic rings. The Bertz CT molecular complexity index is 446. The van der Waals surface area contributed by atoms with E-state index < -0.39 is 11.2 Å². The molecule has 0 aliphatic heterocycles. The third-order valence-electron chi connectivity index (χ3n) is 5.06. The predicted molar refractivity (Wildman–Crippen MR) is 77.5 cm³/mol. The number of hydrogen-bond acceptors (Lipinski definition) is 4. The first kappa shape index (κ1) is 15.3. The van der Waals surface area contributed by atoms with Crippen molar-refractivity contribution in [3.8, 4) is 0 Å². The number of fused-ring (bicyclic) bond motifs is 2. The van der Waals surface area contributed by atoms with Crippen LogP contribution in [0.5, 0.6) is 0 Å². The predicted octanol–water partition coefficient (Wildman–Crippen LogP) is 3.07. The summed E-state index contributed by atoms with van der Waals surface area (Å²) in [4.78, 5) is 15.5. The molecule has 1 fully saturated rings. The van der Waals surface area contributed by atoms with Gasteiger partial charge in [-0.1, -0.05) is 32.4 Å². The molecule has 2 N–H and O–H groups in total. The number of rotatable bonds is 4. The van der Waals surface area contributed by atoms with E-state index in [-0.39, 0.29) is 16.2 Å². The fourth-order valence-electron chi connectivity index (χ4n) is 4.58. The molecule has 20 heavy (non-hydrogen) atoms. The Kier molecular flexibility index (Phi) is 3.61. The Morgan fingerprint density at radius 3 is 2.60 bits per heavy atom. The van der Waals surface area contributed by atoms with Gasteiger partial charge in [-0.25, -0.2) is 0 Å². The topological polar surface area (TPSA) is 78.4 Å². The lowest BCUT2D eigenvalue weighted by molar-refractivity contribution is -0.771. The third kappa shape index (κ3) is 2.82. The van der Waals surface area contributed by atoms with Gasteiger partial charge < -0.3 is 10.6 Å². The van der Waals surface area contributed by atoms with Gasteiger partial charge in [0, 0.05) is 5.41 Å². The van der Waals surface area contributed by atoms with E-state index in [9.17, 15) is 10.1 Å². The molecule has 0 amide bonds. The minimum atomic E-state index is -0.683. The van der Waals surface area contributed by atoms with Crippen molar-refractivity contribution in [3.63, 3.8) is 0 Å². The molecule has 0 spiro atoms. The lowest BCUT2D eigenvalue weighted by atomic mass is 9.52. The maximum absolute atomic E-state index is 10.6. The summed E-state index contributed by atoms with van der Waals surface area (Å²) < 4.78 is 0. The fourth-order valence-corrected chi connectivity index (χ4v) is 4.58. The molecule has 0 radical (unpaired) electrons. The Balaban J connectivity index is 2.33. The van der Waals surface area contributed by atoms with Crippen LogP contribution >= 0.6 is 0 Å². The molecule has 0 aromatic heterocycles. The molecule has 0 saturated heterocycles. The van der Waals surface area contributed by atoms with Gasteiger partial charge in [0.15, 0.2) is 0 Å². The van der Waals surface area contributed by atoms with E-state index in [0.717, 1.165) is 25.7 Å². The van der Waals surface area contributed by atoms with Gasteiger partial charge in [0.25, 0.3) is 5.09 Å². The summed E-state index contributed by atoms with van der Waals surface area (Å²) in [5.41, 5.74) is 7.49. The van der Waals surface area contributed by atoms with E-state index in [0.29, 0.717) is 6.54 Å². The first-order chi connectivity index (χ1) is 9.10. The zero-order valence-electron chi connectivity index (χ0n) is 12.9. The van der Waals surface area contributed by atoms with Crippen LogP contribution in [0.3, 0.4) is 0 Å². The quantitative estimate of drug-likeness (QED) is 0.488. The van der Waals surface area contributed by atoms with Crippen LogP contribution in [0.1, 0.15) is 53.4 Å². The maximum Gasteiger partial charge on any atom is 0.294 e. The van der Waals surface area contributed by atoms with Crippen LogP contribution in [0.4, 0.5) is 0 Å². The number of nitrogens with zero attached hydrogens (tertiary/aromatic N) is 1. The smallest absolute Gasteiger partial charge is 0.294 e. The van der Waals surface area contributed by atoms with Gasteiger partial charge >= 0.3 is 0 Å². The SMILES string of the molecule is CC(O[N+](=O)[O-])C1(C)C=C2CC(C)(C)CC(CN)(C2)C1. The van der Waals surface area contributed by atoms with Gasteiger partial charge in [0.2, 0.25) is 0 Å². The normalized spacial score (nSPS) is 37.0. The average Bonchev–Trinajstić information content (AvgIpc) is 2.24. The molecule has 5 nitrogen and oxygen atoms in total. The van der Waals surface area contributed by atoms with Crippen molar-refractivity contribution in [1.29, 1.82) is 0 Å². The highest BCUT2D eigenvalue weighted by Crippen LogP contribution is 2.58. The summed E-state index contributed by atoms with van der Waals surface area (Å²) in [6, 6.07) is 0. The van der Waals surface area contributed by atoms with E-state index in [1.165, 1.54) is 5.57 Å². The third-order valence-corrected chi connectivity index (χ3v) is 5.06. The Hall–Kier alpha value is -1.10. The fraction of sp³-hybridized carbons (Fsp3) is 0.867. The Morgan fingerprint density at radius 2 is 2.05 bits per heavy atom. The minimum absolute atomic E-state index is 0.0643. The molecule has 2 aliphatic rings. The monoisotopic (exact) mass is 282 g/mol. The van der Waals surface area contributed by atoms with Crippen molar-refractivity contribution in [2.75, 3.05) is 6.54 Å². The summed E-state index contributed by atoms with van der Waals surface area (Å²) in [5.74, 6) is 0. The highest BCUT2D eigenvalue weighted by atomic mass is 17.0. The Labute approximate surface area is 120 Å². The molecule has 2 bridgehead atoms. The van der Waals surface area contributed by atoms with Crippen molar-refractivity contribution in [3.05, 3.63) is 21.8 Å². The van der Waals surface area contributed by atoms with E-state index in [4.69, 9.17) is 10.6 Å². The molecule has 0 aromatic carbocycles. The summed E-state index contributed by atoms with van der Waals surface area (Å²) in [6.45, 7) is 9.04. The van der Waals surface area contributed by atoms with Crippen molar-refractivity contribution in [2.24, 2.45) is 22.0 Å². The zero-order valence-corrected chi connectivity index (χ0v) is 12.9. The Morgan fingerprint density at radius 1 is 1.40 bits per heavy atom. The van der Waals surface area contributed by atoms with Crippen molar-refractivity contribution in [1.82, 2.24) is 0 Å². The van der Waals surface area contributed by atoms with Gasteiger partial charge in [0.1, 0.15) is 6.10 Å². The van der Waals surface area contributed by atoms with E-state index in [1.807, 2.05) is 0 Å². The van der Waals surface area contributed by atoms with Crippen LogP contribution < -0.4 is 5.73 Å².